The van der Waals surface area contributed by atoms with Crippen molar-refractivity contribution in [1.82, 2.24) is 9.21 Å². The number of halogens is 2. The molecule has 0 saturated carbocycles. The Morgan fingerprint density at radius 1 is 1.08 bits per heavy atom. The van der Waals surface area contributed by atoms with Crippen molar-refractivity contribution in [1.29, 1.82) is 0 Å². The molecule has 0 spiro atoms. The van der Waals surface area contributed by atoms with E-state index in [4.69, 9.17) is 14.2 Å². The van der Waals surface area contributed by atoms with E-state index in [0.29, 0.717) is 31.6 Å². The van der Waals surface area contributed by atoms with Crippen molar-refractivity contribution < 1.29 is 36.2 Å². The largest absolute Gasteiger partial charge is 0.486 e. The van der Waals surface area contributed by atoms with E-state index in [2.05, 4.69) is 0 Å². The molecule has 2 aliphatic heterocycles. The summed E-state index contributed by atoms with van der Waals surface area (Å²) >= 11 is 0. The van der Waals surface area contributed by atoms with Crippen LogP contribution in [0.15, 0.2) is 42.5 Å². The topological polar surface area (TPSA) is 85.4 Å². The number of alkyl halides is 2. The van der Waals surface area contributed by atoms with Crippen LogP contribution in [-0.2, 0) is 24.8 Å². The molecule has 2 unspecified atom stereocenters. The molecule has 1 amide bonds. The number of benzene rings is 2. The second-order valence-electron chi connectivity index (χ2n) is 9.87. The summed E-state index contributed by atoms with van der Waals surface area (Å²) in [7, 11) is -2.32. The monoisotopic (exact) mass is 552 g/mol. The molecular weight excluding hydrogens is 518 g/mol. The first-order valence-corrected chi connectivity index (χ1v) is 14.0. The maximum absolute atomic E-state index is 15.4. The second kappa shape index (κ2) is 11.3. The van der Waals surface area contributed by atoms with Gasteiger partial charge >= 0.3 is 5.25 Å². The zero-order valence-electron chi connectivity index (χ0n) is 22.0. The van der Waals surface area contributed by atoms with Gasteiger partial charge in [-0.05, 0) is 50.5 Å². The molecule has 0 radical (unpaired) electrons. The minimum Gasteiger partial charge on any atom is -0.486 e. The van der Waals surface area contributed by atoms with Crippen LogP contribution in [0.1, 0.15) is 39.9 Å². The van der Waals surface area contributed by atoms with Crippen molar-refractivity contribution >= 4 is 15.9 Å². The van der Waals surface area contributed by atoms with Crippen molar-refractivity contribution in [2.24, 2.45) is 0 Å². The van der Waals surface area contributed by atoms with Gasteiger partial charge in [0.25, 0.3) is 15.9 Å². The third kappa shape index (κ3) is 5.56. The summed E-state index contributed by atoms with van der Waals surface area (Å²) in [6, 6.07) is 10.0. The van der Waals surface area contributed by atoms with E-state index in [-0.39, 0.29) is 24.7 Å². The highest BCUT2D eigenvalue weighted by molar-refractivity contribution is 7.89. The Kier molecular flexibility index (Phi) is 8.41. The van der Waals surface area contributed by atoms with E-state index in [1.165, 1.54) is 26.3 Å². The summed E-state index contributed by atoms with van der Waals surface area (Å²) in [4.78, 5) is 14.8. The summed E-state index contributed by atoms with van der Waals surface area (Å²) in [5.74, 6) is -0.0962. The number of nitrogens with zero attached hydrogens (tertiary/aromatic N) is 2. The van der Waals surface area contributed by atoms with Gasteiger partial charge in [-0.3, -0.25) is 4.79 Å². The number of ether oxygens (including phenoxy) is 3. The van der Waals surface area contributed by atoms with Crippen LogP contribution in [0.4, 0.5) is 8.78 Å². The summed E-state index contributed by atoms with van der Waals surface area (Å²) in [5, 5.41) is -4.17. The van der Waals surface area contributed by atoms with Crippen LogP contribution < -0.4 is 4.74 Å². The maximum atomic E-state index is 15.4. The molecule has 2 atom stereocenters. The lowest BCUT2D eigenvalue weighted by atomic mass is 10.0. The highest BCUT2D eigenvalue weighted by Crippen LogP contribution is 2.39. The average molecular weight is 553 g/mol. The van der Waals surface area contributed by atoms with Crippen molar-refractivity contribution in [3.63, 3.8) is 0 Å². The van der Waals surface area contributed by atoms with Crippen LogP contribution in [0, 0.1) is 13.8 Å². The Labute approximate surface area is 222 Å². The first kappa shape index (κ1) is 28.4. The molecular formula is C27H34F2N2O6S. The molecule has 11 heteroatoms. The lowest BCUT2D eigenvalue weighted by molar-refractivity contribution is 0.0333. The van der Waals surface area contributed by atoms with Gasteiger partial charge in [-0.1, -0.05) is 29.8 Å². The van der Waals surface area contributed by atoms with Crippen LogP contribution in [-0.4, -0.2) is 82.2 Å². The van der Waals surface area contributed by atoms with Gasteiger partial charge in [-0.25, -0.2) is 8.42 Å². The molecule has 2 aromatic carbocycles. The van der Waals surface area contributed by atoms with Gasteiger partial charge in [0.1, 0.15) is 18.0 Å². The molecule has 8 nitrogen and oxygen atoms in total. The predicted molar refractivity (Wildman–Crippen MR) is 138 cm³/mol. The SMILES string of the molecule is COC1CN(C(=O)c2cc(C)ccc2C)CC1Oc1cccc(C(F)(F)S(=O)(=O)N(C)C2CCOCC2)c1. The zero-order chi connectivity index (χ0) is 27.7. The fourth-order valence-corrected chi connectivity index (χ4v) is 6.28. The highest BCUT2D eigenvalue weighted by Gasteiger charge is 2.51. The van der Waals surface area contributed by atoms with Gasteiger partial charge in [0.05, 0.1) is 13.1 Å². The predicted octanol–water partition coefficient (Wildman–Crippen LogP) is 3.71. The quantitative estimate of drug-likeness (QED) is 0.497. The Morgan fingerprint density at radius 2 is 1.76 bits per heavy atom. The maximum Gasteiger partial charge on any atom is 0.384 e. The van der Waals surface area contributed by atoms with Crippen LogP contribution in [0.2, 0.25) is 0 Å². The van der Waals surface area contributed by atoms with Crippen molar-refractivity contribution in [2.75, 3.05) is 40.5 Å². The number of hydrogen-bond donors (Lipinski definition) is 0. The van der Waals surface area contributed by atoms with Crippen LogP contribution in [0.3, 0.4) is 0 Å². The van der Waals surface area contributed by atoms with E-state index >= 15 is 8.78 Å². The molecule has 4 rings (SSSR count). The molecule has 2 aliphatic rings. The first-order chi connectivity index (χ1) is 18.0. The van der Waals surface area contributed by atoms with Gasteiger partial charge < -0.3 is 19.1 Å². The van der Waals surface area contributed by atoms with Crippen LogP contribution in [0.25, 0.3) is 0 Å². The first-order valence-electron chi connectivity index (χ1n) is 12.6. The lowest BCUT2D eigenvalue weighted by Gasteiger charge is -2.33. The number of sulfonamides is 1. The molecule has 2 fully saturated rings. The molecule has 38 heavy (non-hydrogen) atoms. The minimum absolute atomic E-state index is 0.0687. The number of likely N-dealkylation sites (tertiary alicyclic amines) is 1. The summed E-state index contributed by atoms with van der Waals surface area (Å²) in [6.07, 6.45) is -0.408. The Bertz CT molecular complexity index is 1270. The number of amides is 1. The van der Waals surface area contributed by atoms with E-state index in [1.807, 2.05) is 32.0 Å². The molecule has 0 bridgehead atoms. The molecule has 2 aromatic rings. The second-order valence-corrected chi connectivity index (χ2v) is 11.9. The highest BCUT2D eigenvalue weighted by atomic mass is 32.2. The van der Waals surface area contributed by atoms with E-state index in [9.17, 15) is 13.2 Å². The number of aryl methyl sites for hydroxylation is 2. The summed E-state index contributed by atoms with van der Waals surface area (Å²) in [6.45, 7) is 4.89. The van der Waals surface area contributed by atoms with Crippen LogP contribution in [0.5, 0.6) is 5.75 Å². The summed E-state index contributed by atoms with van der Waals surface area (Å²) < 4.78 is 74.2. The Balaban J connectivity index is 1.51. The average Bonchev–Trinajstić information content (AvgIpc) is 3.32. The number of carbonyl (C=O) groups excluding carboxylic acids is 1. The van der Waals surface area contributed by atoms with Gasteiger partial charge in [0.2, 0.25) is 0 Å². The molecule has 0 aromatic heterocycles. The fourth-order valence-electron chi connectivity index (χ4n) is 4.89. The zero-order valence-corrected chi connectivity index (χ0v) is 22.8. The standard InChI is InChI=1S/C27H34F2N2O6S/c1-18-8-9-19(2)23(14-18)26(32)31-16-24(35-4)25(17-31)37-22-7-5-6-20(15-22)27(28,29)38(33,34)30(3)21-10-12-36-13-11-21/h5-9,14-15,21,24-25H,10-13,16-17H2,1-4H3. The number of methoxy groups -OCH3 is 1. The number of carbonyl (C=O) groups is 1. The number of rotatable bonds is 8. The van der Waals surface area contributed by atoms with Gasteiger partial charge in [0, 0.05) is 44.5 Å². The van der Waals surface area contributed by atoms with Gasteiger partial charge in [0.15, 0.2) is 0 Å². The van der Waals surface area contributed by atoms with Gasteiger partial charge in [-0.2, -0.15) is 13.1 Å². The van der Waals surface area contributed by atoms with Gasteiger partial charge in [-0.15, -0.1) is 0 Å². The van der Waals surface area contributed by atoms with Crippen LogP contribution >= 0.6 is 0 Å². The molecule has 2 heterocycles. The summed E-state index contributed by atoms with van der Waals surface area (Å²) in [5.41, 5.74) is 1.70. The van der Waals surface area contributed by atoms with E-state index in [0.717, 1.165) is 27.6 Å². The number of hydrogen-bond acceptors (Lipinski definition) is 6. The third-order valence-corrected chi connectivity index (χ3v) is 9.23. The fraction of sp³-hybridized carbons (Fsp3) is 0.519. The lowest BCUT2D eigenvalue weighted by Crippen LogP contribution is -2.46. The van der Waals surface area contributed by atoms with Crippen molar-refractivity contribution in [3.05, 3.63) is 64.7 Å². The molecule has 0 aliphatic carbocycles. The van der Waals surface area contributed by atoms with Crippen molar-refractivity contribution in [2.45, 2.75) is 50.2 Å². The Hall–Kier alpha value is -2.60. The molecule has 208 valence electrons. The van der Waals surface area contributed by atoms with E-state index < -0.39 is 39.1 Å². The smallest absolute Gasteiger partial charge is 0.384 e. The van der Waals surface area contributed by atoms with E-state index in [1.54, 1.807) is 4.90 Å². The normalized spacial score (nSPS) is 21.2. The van der Waals surface area contributed by atoms with Crippen molar-refractivity contribution in [3.8, 4) is 5.75 Å². The third-order valence-electron chi connectivity index (χ3n) is 7.29. The minimum atomic E-state index is -5.00. The Morgan fingerprint density at radius 3 is 2.45 bits per heavy atom. The molecule has 2 saturated heterocycles. The molecule has 0 N–H and O–H groups in total.